The van der Waals surface area contributed by atoms with Gasteiger partial charge in [0.15, 0.2) is 0 Å². The van der Waals surface area contributed by atoms with Gasteiger partial charge in [-0.3, -0.25) is 10.8 Å². The number of nitrogens with two attached hydrogens (primary N) is 1. The maximum absolute atomic E-state index is 13.6. The van der Waals surface area contributed by atoms with Crippen LogP contribution in [0.3, 0.4) is 0 Å². The molecule has 0 amide bonds. The van der Waals surface area contributed by atoms with E-state index in [-0.39, 0.29) is 11.9 Å². The Morgan fingerprint density at radius 2 is 2.50 bits per heavy atom. The summed E-state index contributed by atoms with van der Waals surface area (Å²) in [7, 11) is 0. The first-order valence-electron chi connectivity index (χ1n) is 5.37. The normalized spacial score (nSPS) is 26.9. The molecule has 88 valence electrons. The van der Waals surface area contributed by atoms with Gasteiger partial charge in [0.1, 0.15) is 5.82 Å². The number of rotatable bonds is 3. The third-order valence-corrected chi connectivity index (χ3v) is 3.14. The average molecular weight is 225 g/mol. The standard InChI is InChI=1S/C11H16FN3O/c1-11(4-2-6-16-11)10(15-13)8-3-5-14-7-9(8)12/h3,5,7,10,15H,2,4,6,13H2,1H3. The van der Waals surface area contributed by atoms with Crippen LogP contribution in [-0.2, 0) is 4.74 Å². The predicted octanol–water partition coefficient (Wildman–Crippen LogP) is 1.29. The van der Waals surface area contributed by atoms with Gasteiger partial charge in [-0.1, -0.05) is 0 Å². The molecule has 1 aromatic rings. The molecule has 2 atom stereocenters. The van der Waals surface area contributed by atoms with Gasteiger partial charge in [-0.05, 0) is 25.8 Å². The van der Waals surface area contributed by atoms with E-state index in [1.54, 1.807) is 12.3 Å². The van der Waals surface area contributed by atoms with E-state index in [4.69, 9.17) is 10.6 Å². The van der Waals surface area contributed by atoms with Crippen LogP contribution in [0.1, 0.15) is 31.4 Å². The van der Waals surface area contributed by atoms with E-state index in [0.717, 1.165) is 12.8 Å². The molecule has 0 spiro atoms. The van der Waals surface area contributed by atoms with Gasteiger partial charge in [0.05, 0.1) is 17.8 Å². The molecule has 2 heterocycles. The molecule has 0 saturated carbocycles. The van der Waals surface area contributed by atoms with E-state index >= 15 is 0 Å². The van der Waals surface area contributed by atoms with Crippen LogP contribution in [0.25, 0.3) is 0 Å². The summed E-state index contributed by atoms with van der Waals surface area (Å²) < 4.78 is 19.3. The van der Waals surface area contributed by atoms with Crippen molar-refractivity contribution in [3.63, 3.8) is 0 Å². The molecule has 1 aliphatic heterocycles. The number of nitrogens with one attached hydrogen (secondary N) is 1. The van der Waals surface area contributed by atoms with Crippen molar-refractivity contribution in [3.05, 3.63) is 29.8 Å². The number of ether oxygens (including phenoxy) is 1. The van der Waals surface area contributed by atoms with Gasteiger partial charge in [-0.25, -0.2) is 9.82 Å². The topological polar surface area (TPSA) is 60.2 Å². The number of halogens is 1. The first kappa shape index (κ1) is 11.4. The number of hydrogen-bond donors (Lipinski definition) is 2. The lowest BCUT2D eigenvalue weighted by molar-refractivity contribution is -0.0135. The van der Waals surface area contributed by atoms with Gasteiger partial charge in [-0.15, -0.1) is 0 Å². The molecule has 3 N–H and O–H groups in total. The molecule has 5 heteroatoms. The van der Waals surface area contributed by atoms with Crippen LogP contribution in [-0.4, -0.2) is 17.2 Å². The Morgan fingerprint density at radius 3 is 3.06 bits per heavy atom. The molecule has 0 bridgehead atoms. The Balaban J connectivity index is 2.32. The zero-order chi connectivity index (χ0) is 11.6. The van der Waals surface area contributed by atoms with E-state index < -0.39 is 5.60 Å². The molecule has 2 rings (SSSR count). The van der Waals surface area contributed by atoms with Gasteiger partial charge < -0.3 is 4.74 Å². The van der Waals surface area contributed by atoms with E-state index in [9.17, 15) is 4.39 Å². The highest BCUT2D eigenvalue weighted by molar-refractivity contribution is 5.21. The Kier molecular flexibility index (Phi) is 3.18. The van der Waals surface area contributed by atoms with Crippen LogP contribution < -0.4 is 11.3 Å². The van der Waals surface area contributed by atoms with Crippen molar-refractivity contribution < 1.29 is 9.13 Å². The third kappa shape index (κ3) is 1.93. The molecule has 2 unspecified atom stereocenters. The second kappa shape index (κ2) is 4.45. The molecule has 0 radical (unpaired) electrons. The van der Waals surface area contributed by atoms with Crippen molar-refractivity contribution in [2.24, 2.45) is 5.84 Å². The number of aromatic nitrogens is 1. The SMILES string of the molecule is CC1(C(NN)c2ccncc2F)CCCO1. The fourth-order valence-electron chi connectivity index (χ4n) is 2.24. The van der Waals surface area contributed by atoms with Gasteiger partial charge in [0.2, 0.25) is 0 Å². The quantitative estimate of drug-likeness (QED) is 0.601. The summed E-state index contributed by atoms with van der Waals surface area (Å²) in [5, 5.41) is 0. The zero-order valence-corrected chi connectivity index (χ0v) is 9.24. The lowest BCUT2D eigenvalue weighted by Gasteiger charge is -2.33. The summed E-state index contributed by atoms with van der Waals surface area (Å²) in [5.74, 6) is 5.16. The van der Waals surface area contributed by atoms with Crippen molar-refractivity contribution in [1.82, 2.24) is 10.4 Å². The minimum Gasteiger partial charge on any atom is -0.373 e. The second-order valence-corrected chi connectivity index (χ2v) is 4.26. The maximum Gasteiger partial charge on any atom is 0.146 e. The van der Waals surface area contributed by atoms with Crippen molar-refractivity contribution in [2.75, 3.05) is 6.61 Å². The summed E-state index contributed by atoms with van der Waals surface area (Å²) in [5.41, 5.74) is 2.70. The summed E-state index contributed by atoms with van der Waals surface area (Å²) >= 11 is 0. The first-order chi connectivity index (χ1) is 7.67. The molecule has 1 aromatic heterocycles. The monoisotopic (exact) mass is 225 g/mol. The molecule has 0 aliphatic carbocycles. The Hall–Kier alpha value is -1.04. The zero-order valence-electron chi connectivity index (χ0n) is 9.24. The average Bonchev–Trinajstić information content (AvgIpc) is 2.70. The fraction of sp³-hybridized carbons (Fsp3) is 0.545. The van der Waals surface area contributed by atoms with Crippen LogP contribution in [0.2, 0.25) is 0 Å². The van der Waals surface area contributed by atoms with E-state index in [2.05, 4.69) is 10.4 Å². The fourth-order valence-corrected chi connectivity index (χ4v) is 2.24. The molecular formula is C11H16FN3O. The van der Waals surface area contributed by atoms with Crippen LogP contribution in [0.4, 0.5) is 4.39 Å². The van der Waals surface area contributed by atoms with Crippen LogP contribution >= 0.6 is 0 Å². The lowest BCUT2D eigenvalue weighted by atomic mass is 9.88. The van der Waals surface area contributed by atoms with Gasteiger partial charge in [0, 0.05) is 18.4 Å². The van der Waals surface area contributed by atoms with E-state index in [1.165, 1.54) is 6.20 Å². The minimum absolute atomic E-state index is 0.349. The van der Waals surface area contributed by atoms with Crippen molar-refractivity contribution in [2.45, 2.75) is 31.4 Å². The van der Waals surface area contributed by atoms with Gasteiger partial charge in [-0.2, -0.15) is 0 Å². The maximum atomic E-state index is 13.6. The minimum atomic E-state index is -0.447. The molecule has 4 nitrogen and oxygen atoms in total. The number of nitrogens with zero attached hydrogens (tertiary/aromatic N) is 1. The number of hydrazine groups is 1. The van der Waals surface area contributed by atoms with Crippen molar-refractivity contribution >= 4 is 0 Å². The highest BCUT2D eigenvalue weighted by atomic mass is 19.1. The second-order valence-electron chi connectivity index (χ2n) is 4.26. The Bertz CT molecular complexity index is 366. The van der Waals surface area contributed by atoms with Crippen molar-refractivity contribution in [1.29, 1.82) is 0 Å². The molecule has 1 saturated heterocycles. The highest BCUT2D eigenvalue weighted by Crippen LogP contribution is 2.37. The Morgan fingerprint density at radius 1 is 1.69 bits per heavy atom. The lowest BCUT2D eigenvalue weighted by Crippen LogP contribution is -2.44. The predicted molar refractivity (Wildman–Crippen MR) is 57.9 cm³/mol. The summed E-state index contributed by atoms with van der Waals surface area (Å²) in [6, 6.07) is 1.28. The highest BCUT2D eigenvalue weighted by Gasteiger charge is 2.39. The molecular weight excluding hydrogens is 209 g/mol. The molecule has 1 aliphatic rings. The molecule has 16 heavy (non-hydrogen) atoms. The van der Waals surface area contributed by atoms with Crippen LogP contribution in [0, 0.1) is 5.82 Å². The smallest absolute Gasteiger partial charge is 0.146 e. The summed E-state index contributed by atoms with van der Waals surface area (Å²) in [4.78, 5) is 3.73. The van der Waals surface area contributed by atoms with Crippen LogP contribution in [0.5, 0.6) is 0 Å². The Labute approximate surface area is 94.0 Å². The first-order valence-corrected chi connectivity index (χ1v) is 5.37. The van der Waals surface area contributed by atoms with E-state index in [1.807, 2.05) is 6.92 Å². The van der Waals surface area contributed by atoms with Crippen LogP contribution in [0.15, 0.2) is 18.5 Å². The largest absolute Gasteiger partial charge is 0.373 e. The number of pyridine rings is 1. The van der Waals surface area contributed by atoms with Crippen molar-refractivity contribution in [3.8, 4) is 0 Å². The summed E-state index contributed by atoms with van der Waals surface area (Å²) in [6.07, 6.45) is 4.59. The molecule has 0 aromatic carbocycles. The van der Waals surface area contributed by atoms with Gasteiger partial charge >= 0.3 is 0 Å². The molecule has 1 fully saturated rings. The van der Waals surface area contributed by atoms with Gasteiger partial charge in [0.25, 0.3) is 0 Å². The third-order valence-electron chi connectivity index (χ3n) is 3.14. The number of hydrogen-bond acceptors (Lipinski definition) is 4. The summed E-state index contributed by atoms with van der Waals surface area (Å²) in [6.45, 7) is 2.64. The van der Waals surface area contributed by atoms with E-state index in [0.29, 0.717) is 12.2 Å².